The van der Waals surface area contributed by atoms with Gasteiger partial charge in [0.2, 0.25) is 0 Å². The summed E-state index contributed by atoms with van der Waals surface area (Å²) in [5.74, 6) is -0.0749. The van der Waals surface area contributed by atoms with Crippen LogP contribution in [-0.2, 0) is 7.05 Å². The van der Waals surface area contributed by atoms with Crippen molar-refractivity contribution in [3.05, 3.63) is 24.0 Å². The molecule has 0 aliphatic carbocycles. The van der Waals surface area contributed by atoms with E-state index < -0.39 is 0 Å². The van der Waals surface area contributed by atoms with Crippen LogP contribution in [0.25, 0.3) is 11.0 Å². The van der Waals surface area contributed by atoms with Crippen molar-refractivity contribution >= 4 is 16.9 Å². The normalized spacial score (nSPS) is 19.1. The number of hydrogen-bond acceptors (Lipinski definition) is 4. The molecular formula is C15H21N5O. The van der Waals surface area contributed by atoms with Gasteiger partial charge >= 0.3 is 0 Å². The first-order valence-electron chi connectivity index (χ1n) is 7.31. The number of pyridine rings is 1. The van der Waals surface area contributed by atoms with Gasteiger partial charge in [0.15, 0.2) is 5.65 Å². The van der Waals surface area contributed by atoms with E-state index in [1.54, 1.807) is 23.1 Å². The SMILES string of the molecule is Cn1ncc2c(C(=O)NC(C)(C)C3CCCN3)ccnc21. The van der Waals surface area contributed by atoms with Crippen LogP contribution in [0.4, 0.5) is 0 Å². The first-order valence-corrected chi connectivity index (χ1v) is 7.31. The molecule has 1 atom stereocenters. The van der Waals surface area contributed by atoms with Crippen molar-refractivity contribution in [2.45, 2.75) is 38.3 Å². The van der Waals surface area contributed by atoms with Gasteiger partial charge < -0.3 is 10.6 Å². The van der Waals surface area contributed by atoms with E-state index >= 15 is 0 Å². The molecule has 1 aliphatic rings. The molecule has 2 aromatic rings. The molecule has 1 amide bonds. The number of aromatic nitrogens is 3. The van der Waals surface area contributed by atoms with Crippen LogP contribution in [0.15, 0.2) is 18.5 Å². The zero-order valence-corrected chi connectivity index (χ0v) is 12.7. The summed E-state index contributed by atoms with van der Waals surface area (Å²) in [4.78, 5) is 16.9. The highest BCUT2D eigenvalue weighted by Crippen LogP contribution is 2.21. The predicted octanol–water partition coefficient (Wildman–Crippen LogP) is 1.23. The van der Waals surface area contributed by atoms with E-state index in [9.17, 15) is 4.79 Å². The fourth-order valence-corrected chi connectivity index (χ4v) is 2.99. The second kappa shape index (κ2) is 5.11. The van der Waals surface area contributed by atoms with E-state index in [0.29, 0.717) is 11.6 Å². The third kappa shape index (κ3) is 2.51. The fraction of sp³-hybridized carbons (Fsp3) is 0.533. The van der Waals surface area contributed by atoms with Gasteiger partial charge in [-0.2, -0.15) is 5.10 Å². The number of carbonyl (C=O) groups is 1. The summed E-state index contributed by atoms with van der Waals surface area (Å²) in [6, 6.07) is 2.06. The van der Waals surface area contributed by atoms with Crippen LogP contribution in [0.3, 0.4) is 0 Å². The van der Waals surface area contributed by atoms with Crippen molar-refractivity contribution in [3.63, 3.8) is 0 Å². The molecule has 0 spiro atoms. The van der Waals surface area contributed by atoms with Crippen LogP contribution in [0.2, 0.25) is 0 Å². The number of amides is 1. The molecule has 1 aliphatic heterocycles. The van der Waals surface area contributed by atoms with E-state index in [2.05, 4.69) is 34.6 Å². The van der Waals surface area contributed by atoms with E-state index in [-0.39, 0.29) is 11.4 Å². The first kappa shape index (κ1) is 14.0. The van der Waals surface area contributed by atoms with E-state index in [4.69, 9.17) is 0 Å². The molecule has 3 rings (SSSR count). The number of nitrogens with one attached hydrogen (secondary N) is 2. The van der Waals surface area contributed by atoms with Crippen LogP contribution in [0.5, 0.6) is 0 Å². The lowest BCUT2D eigenvalue weighted by atomic mass is 9.92. The maximum Gasteiger partial charge on any atom is 0.252 e. The van der Waals surface area contributed by atoms with Crippen LogP contribution in [0.1, 0.15) is 37.0 Å². The molecule has 2 N–H and O–H groups in total. The van der Waals surface area contributed by atoms with Crippen molar-refractivity contribution in [1.29, 1.82) is 0 Å². The van der Waals surface area contributed by atoms with Gasteiger partial charge in [0.25, 0.3) is 5.91 Å². The average Bonchev–Trinajstić information content (AvgIpc) is 3.08. The topological polar surface area (TPSA) is 71.8 Å². The van der Waals surface area contributed by atoms with E-state index in [0.717, 1.165) is 30.4 Å². The Kier molecular flexibility index (Phi) is 3.41. The number of fused-ring (bicyclic) bond motifs is 1. The summed E-state index contributed by atoms with van der Waals surface area (Å²) in [7, 11) is 1.82. The standard InChI is InChI=1S/C15H21N5O/c1-15(2,12-5-4-7-16-12)19-14(21)10-6-8-17-13-11(10)9-18-20(13)3/h6,8-9,12,16H,4-5,7H2,1-3H3,(H,19,21). The Morgan fingerprint density at radius 1 is 1.52 bits per heavy atom. The first-order chi connectivity index (χ1) is 9.99. The summed E-state index contributed by atoms with van der Waals surface area (Å²) < 4.78 is 1.68. The van der Waals surface area contributed by atoms with Crippen LogP contribution in [-0.4, -0.2) is 38.8 Å². The molecule has 0 radical (unpaired) electrons. The molecule has 6 nitrogen and oxygen atoms in total. The highest BCUT2D eigenvalue weighted by Gasteiger charge is 2.33. The lowest BCUT2D eigenvalue weighted by molar-refractivity contribution is 0.0898. The van der Waals surface area contributed by atoms with Crippen LogP contribution < -0.4 is 10.6 Å². The average molecular weight is 287 g/mol. The molecule has 21 heavy (non-hydrogen) atoms. The maximum atomic E-state index is 12.6. The van der Waals surface area contributed by atoms with Gasteiger partial charge in [0, 0.05) is 24.8 Å². The maximum absolute atomic E-state index is 12.6. The smallest absolute Gasteiger partial charge is 0.252 e. The quantitative estimate of drug-likeness (QED) is 0.890. The zero-order valence-electron chi connectivity index (χ0n) is 12.7. The van der Waals surface area contributed by atoms with Crippen molar-refractivity contribution in [2.75, 3.05) is 6.54 Å². The summed E-state index contributed by atoms with van der Waals surface area (Å²) in [5, 5.41) is 11.6. The summed E-state index contributed by atoms with van der Waals surface area (Å²) in [5.41, 5.74) is 1.06. The van der Waals surface area contributed by atoms with Crippen LogP contribution >= 0.6 is 0 Å². The lowest BCUT2D eigenvalue weighted by Crippen LogP contribution is -2.55. The van der Waals surface area contributed by atoms with E-state index in [1.807, 2.05) is 7.05 Å². The van der Waals surface area contributed by atoms with Gasteiger partial charge in [0.1, 0.15) is 0 Å². The highest BCUT2D eigenvalue weighted by atomic mass is 16.1. The molecule has 0 saturated carbocycles. The minimum atomic E-state index is -0.286. The van der Waals surface area contributed by atoms with Gasteiger partial charge in [-0.15, -0.1) is 0 Å². The molecule has 112 valence electrons. The van der Waals surface area contributed by atoms with Crippen molar-refractivity contribution in [1.82, 2.24) is 25.4 Å². The van der Waals surface area contributed by atoms with E-state index in [1.165, 1.54) is 0 Å². The zero-order chi connectivity index (χ0) is 15.0. The van der Waals surface area contributed by atoms with Crippen LogP contribution in [0, 0.1) is 0 Å². The molecule has 2 aromatic heterocycles. The van der Waals surface area contributed by atoms with Gasteiger partial charge in [-0.3, -0.25) is 9.48 Å². The van der Waals surface area contributed by atoms with Crippen molar-refractivity contribution < 1.29 is 4.79 Å². The second-order valence-corrected chi connectivity index (χ2v) is 6.19. The molecule has 1 fully saturated rings. The van der Waals surface area contributed by atoms with Gasteiger partial charge in [0.05, 0.1) is 17.1 Å². The molecule has 0 aromatic carbocycles. The second-order valence-electron chi connectivity index (χ2n) is 6.19. The van der Waals surface area contributed by atoms with Crippen molar-refractivity contribution in [3.8, 4) is 0 Å². The monoisotopic (exact) mass is 287 g/mol. The largest absolute Gasteiger partial charge is 0.346 e. The third-order valence-electron chi connectivity index (χ3n) is 4.25. The van der Waals surface area contributed by atoms with Gasteiger partial charge in [-0.25, -0.2) is 4.98 Å². The Hall–Kier alpha value is -1.95. The molecule has 1 unspecified atom stereocenters. The Bertz CT molecular complexity index is 670. The Morgan fingerprint density at radius 3 is 3.05 bits per heavy atom. The number of nitrogens with zero attached hydrogens (tertiary/aromatic N) is 3. The summed E-state index contributed by atoms with van der Waals surface area (Å²) >= 11 is 0. The van der Waals surface area contributed by atoms with Crippen molar-refractivity contribution in [2.24, 2.45) is 7.05 Å². The minimum absolute atomic E-state index is 0.0749. The Morgan fingerprint density at radius 2 is 2.33 bits per heavy atom. The fourth-order valence-electron chi connectivity index (χ4n) is 2.99. The predicted molar refractivity (Wildman–Crippen MR) is 81.1 cm³/mol. The van der Waals surface area contributed by atoms with Gasteiger partial charge in [-0.1, -0.05) is 0 Å². The van der Waals surface area contributed by atoms with Gasteiger partial charge in [-0.05, 0) is 39.3 Å². The molecular weight excluding hydrogens is 266 g/mol. The minimum Gasteiger partial charge on any atom is -0.346 e. The Balaban J connectivity index is 1.87. The number of aryl methyl sites for hydroxylation is 1. The lowest BCUT2D eigenvalue weighted by Gasteiger charge is -2.33. The molecule has 6 heteroatoms. The summed E-state index contributed by atoms with van der Waals surface area (Å²) in [6.07, 6.45) is 5.59. The molecule has 1 saturated heterocycles. The number of hydrogen-bond donors (Lipinski definition) is 2. The summed E-state index contributed by atoms with van der Waals surface area (Å²) in [6.45, 7) is 5.15. The third-order valence-corrected chi connectivity index (χ3v) is 4.25. The Labute approximate surface area is 123 Å². The number of rotatable bonds is 3. The molecule has 0 bridgehead atoms. The number of carbonyl (C=O) groups excluding carboxylic acids is 1. The molecule has 3 heterocycles. The highest BCUT2D eigenvalue weighted by molar-refractivity contribution is 6.05.